The van der Waals surface area contributed by atoms with Gasteiger partial charge in [0, 0.05) is 11.1 Å². The van der Waals surface area contributed by atoms with Gasteiger partial charge in [-0.25, -0.2) is 0 Å². The smallest absolute Gasteiger partial charge is 0.125 e. The Bertz CT molecular complexity index is 538. The van der Waals surface area contributed by atoms with E-state index in [1.165, 1.54) is 0 Å². The maximum absolute atomic E-state index is 9.74. The monoisotopic (exact) mass is 215 g/mol. The van der Waals surface area contributed by atoms with Crippen LogP contribution in [0.25, 0.3) is 11.3 Å². The maximum Gasteiger partial charge on any atom is 0.125 e. The van der Waals surface area contributed by atoms with Crippen LogP contribution in [0.5, 0.6) is 5.75 Å². The first-order chi connectivity index (χ1) is 7.61. The van der Waals surface area contributed by atoms with Crippen molar-refractivity contribution in [3.05, 3.63) is 35.5 Å². The predicted molar refractivity (Wildman–Crippen MR) is 63.0 cm³/mol. The van der Waals surface area contributed by atoms with Crippen molar-refractivity contribution in [2.75, 3.05) is 5.73 Å². The highest BCUT2D eigenvalue weighted by Crippen LogP contribution is 2.31. The van der Waals surface area contributed by atoms with Gasteiger partial charge in [0.25, 0.3) is 0 Å². The summed E-state index contributed by atoms with van der Waals surface area (Å²) in [6.07, 6.45) is 0. The number of hydrogen-bond acceptors (Lipinski definition) is 4. The number of hydrogen-bond donors (Lipinski definition) is 2. The molecule has 0 atom stereocenters. The summed E-state index contributed by atoms with van der Waals surface area (Å²) >= 11 is 0. The van der Waals surface area contributed by atoms with Crippen molar-refractivity contribution in [1.82, 2.24) is 10.2 Å². The Kier molecular flexibility index (Phi) is 2.48. The number of aromatic hydroxyl groups is 1. The van der Waals surface area contributed by atoms with Crippen LogP contribution in [0.3, 0.4) is 0 Å². The van der Waals surface area contributed by atoms with Crippen molar-refractivity contribution < 1.29 is 5.11 Å². The molecule has 4 heteroatoms. The molecule has 16 heavy (non-hydrogen) atoms. The van der Waals surface area contributed by atoms with Crippen LogP contribution in [0.4, 0.5) is 5.69 Å². The molecule has 0 amide bonds. The summed E-state index contributed by atoms with van der Waals surface area (Å²) < 4.78 is 0. The summed E-state index contributed by atoms with van der Waals surface area (Å²) in [5, 5.41) is 17.8. The summed E-state index contributed by atoms with van der Waals surface area (Å²) in [5.41, 5.74) is 9.33. The highest BCUT2D eigenvalue weighted by Gasteiger charge is 2.12. The fourth-order valence-corrected chi connectivity index (χ4v) is 1.58. The molecule has 82 valence electrons. The lowest BCUT2D eigenvalue weighted by atomic mass is 10.0. The Labute approximate surface area is 93.8 Å². The zero-order valence-electron chi connectivity index (χ0n) is 9.23. The van der Waals surface area contributed by atoms with Crippen molar-refractivity contribution >= 4 is 5.69 Å². The first-order valence-electron chi connectivity index (χ1n) is 4.99. The number of anilines is 1. The second-order valence-electron chi connectivity index (χ2n) is 3.69. The van der Waals surface area contributed by atoms with Crippen LogP contribution in [0, 0.1) is 13.8 Å². The molecule has 2 rings (SSSR count). The molecule has 0 fully saturated rings. The number of aromatic nitrogens is 2. The van der Waals surface area contributed by atoms with Crippen LogP contribution >= 0.6 is 0 Å². The zero-order chi connectivity index (χ0) is 11.7. The molecule has 2 aromatic rings. The van der Waals surface area contributed by atoms with Crippen LogP contribution in [-0.4, -0.2) is 15.3 Å². The van der Waals surface area contributed by atoms with E-state index < -0.39 is 0 Å². The van der Waals surface area contributed by atoms with Crippen molar-refractivity contribution in [3.63, 3.8) is 0 Å². The lowest BCUT2D eigenvalue weighted by molar-refractivity contribution is 0.477. The Morgan fingerprint density at radius 2 is 1.81 bits per heavy atom. The van der Waals surface area contributed by atoms with Gasteiger partial charge < -0.3 is 10.8 Å². The van der Waals surface area contributed by atoms with Crippen molar-refractivity contribution in [1.29, 1.82) is 0 Å². The number of rotatable bonds is 1. The highest BCUT2D eigenvalue weighted by molar-refractivity contribution is 5.73. The summed E-state index contributed by atoms with van der Waals surface area (Å²) in [5.74, 6) is 0.183. The van der Waals surface area contributed by atoms with Gasteiger partial charge >= 0.3 is 0 Å². The molecule has 0 bridgehead atoms. The Morgan fingerprint density at radius 1 is 1.12 bits per heavy atom. The Hall–Kier alpha value is -2.10. The molecule has 0 aliphatic heterocycles. The standard InChI is InChI=1S/C12H13N3O/c1-7-11(13)8(2)14-15-12(7)9-5-3-4-6-10(9)16/h3-6,16H,1-2H3,(H2,13,15). The molecule has 1 aromatic carbocycles. The molecule has 0 aliphatic rings. The second kappa shape index (κ2) is 3.81. The Balaban J connectivity index is 2.66. The van der Waals surface area contributed by atoms with Gasteiger partial charge in [-0.2, -0.15) is 5.10 Å². The largest absolute Gasteiger partial charge is 0.507 e. The maximum atomic E-state index is 9.74. The molecule has 0 radical (unpaired) electrons. The van der Waals surface area contributed by atoms with E-state index in [4.69, 9.17) is 5.73 Å². The van der Waals surface area contributed by atoms with E-state index in [0.717, 1.165) is 5.56 Å². The number of nitrogens with zero attached hydrogens (tertiary/aromatic N) is 2. The van der Waals surface area contributed by atoms with Crippen LogP contribution in [-0.2, 0) is 0 Å². The van der Waals surface area contributed by atoms with E-state index in [2.05, 4.69) is 10.2 Å². The van der Waals surface area contributed by atoms with Crippen molar-refractivity contribution in [3.8, 4) is 17.0 Å². The van der Waals surface area contributed by atoms with Gasteiger partial charge in [-0.05, 0) is 26.0 Å². The summed E-state index contributed by atoms with van der Waals surface area (Å²) in [6, 6.07) is 7.01. The fourth-order valence-electron chi connectivity index (χ4n) is 1.58. The summed E-state index contributed by atoms with van der Waals surface area (Å²) in [4.78, 5) is 0. The summed E-state index contributed by atoms with van der Waals surface area (Å²) in [6.45, 7) is 3.68. The normalized spacial score (nSPS) is 10.4. The van der Waals surface area contributed by atoms with Gasteiger partial charge in [0.05, 0.1) is 11.4 Å². The van der Waals surface area contributed by atoms with Crippen LogP contribution in [0.1, 0.15) is 11.3 Å². The first kappa shape index (κ1) is 10.4. The molecule has 3 N–H and O–H groups in total. The van der Waals surface area contributed by atoms with E-state index in [9.17, 15) is 5.11 Å². The molecular formula is C12H13N3O. The van der Waals surface area contributed by atoms with Crippen LogP contribution in [0.2, 0.25) is 0 Å². The molecule has 1 heterocycles. The quantitative estimate of drug-likeness (QED) is 0.763. The van der Waals surface area contributed by atoms with Crippen molar-refractivity contribution in [2.24, 2.45) is 0 Å². The van der Waals surface area contributed by atoms with E-state index in [1.807, 2.05) is 19.9 Å². The van der Waals surface area contributed by atoms with Gasteiger partial charge in [0.15, 0.2) is 0 Å². The Morgan fingerprint density at radius 3 is 2.50 bits per heavy atom. The molecule has 0 aliphatic carbocycles. The van der Waals surface area contributed by atoms with Gasteiger partial charge in [-0.1, -0.05) is 12.1 Å². The number of benzene rings is 1. The third-order valence-corrected chi connectivity index (χ3v) is 2.61. The van der Waals surface area contributed by atoms with E-state index in [-0.39, 0.29) is 5.75 Å². The van der Waals surface area contributed by atoms with Gasteiger partial charge in [-0.3, -0.25) is 0 Å². The number of para-hydroxylation sites is 1. The van der Waals surface area contributed by atoms with Crippen molar-refractivity contribution in [2.45, 2.75) is 13.8 Å². The summed E-state index contributed by atoms with van der Waals surface area (Å²) in [7, 11) is 0. The minimum Gasteiger partial charge on any atom is -0.507 e. The minimum absolute atomic E-state index is 0.183. The minimum atomic E-state index is 0.183. The molecule has 0 saturated heterocycles. The van der Waals surface area contributed by atoms with E-state index >= 15 is 0 Å². The third kappa shape index (κ3) is 1.58. The topological polar surface area (TPSA) is 72.0 Å². The van der Waals surface area contributed by atoms with Gasteiger partial charge in [0.2, 0.25) is 0 Å². The molecule has 0 unspecified atom stereocenters. The molecule has 0 spiro atoms. The molecule has 0 saturated carbocycles. The fraction of sp³-hybridized carbons (Fsp3) is 0.167. The van der Waals surface area contributed by atoms with E-state index in [1.54, 1.807) is 18.2 Å². The first-order valence-corrected chi connectivity index (χ1v) is 4.99. The predicted octanol–water partition coefficient (Wildman–Crippen LogP) is 2.05. The van der Waals surface area contributed by atoms with Crippen LogP contribution in [0.15, 0.2) is 24.3 Å². The lowest BCUT2D eigenvalue weighted by Crippen LogP contribution is -2.02. The molecular weight excluding hydrogens is 202 g/mol. The van der Waals surface area contributed by atoms with E-state index in [0.29, 0.717) is 22.6 Å². The SMILES string of the molecule is Cc1nnc(-c2ccccc2O)c(C)c1N. The number of phenolic OH excluding ortho intramolecular Hbond substituents is 1. The average molecular weight is 215 g/mol. The number of aryl methyl sites for hydroxylation is 1. The lowest BCUT2D eigenvalue weighted by Gasteiger charge is -2.09. The van der Waals surface area contributed by atoms with Gasteiger partial charge in [0.1, 0.15) is 11.4 Å². The van der Waals surface area contributed by atoms with Crippen LogP contribution < -0.4 is 5.73 Å². The highest BCUT2D eigenvalue weighted by atomic mass is 16.3. The molecule has 4 nitrogen and oxygen atoms in total. The zero-order valence-corrected chi connectivity index (χ0v) is 9.23. The number of phenols is 1. The average Bonchev–Trinajstić information content (AvgIpc) is 2.28. The molecule has 1 aromatic heterocycles. The number of nitrogens with two attached hydrogens (primary N) is 1. The number of nitrogen functional groups attached to an aromatic ring is 1. The third-order valence-electron chi connectivity index (χ3n) is 2.61. The second-order valence-corrected chi connectivity index (χ2v) is 3.69. The van der Waals surface area contributed by atoms with Gasteiger partial charge in [-0.15, -0.1) is 5.10 Å².